The minimum absolute atomic E-state index is 0.122. The molecule has 98 valence electrons. The summed E-state index contributed by atoms with van der Waals surface area (Å²) in [5.74, 6) is 1.48. The highest BCUT2D eigenvalue weighted by molar-refractivity contribution is 7.99. The Balaban J connectivity index is 2.22. The average molecular weight is 268 g/mol. The number of hydrogen-bond donors (Lipinski definition) is 1. The number of carbonyl (C=O) groups is 1. The van der Waals surface area contributed by atoms with Crippen LogP contribution in [0.4, 0.5) is 10.1 Å². The Morgan fingerprint density at radius 2 is 2.17 bits per heavy atom. The van der Waals surface area contributed by atoms with Crippen LogP contribution in [0.1, 0.15) is 22.3 Å². The second-order valence-corrected chi connectivity index (χ2v) is 5.66. The number of benzene rings is 1. The lowest BCUT2D eigenvalue weighted by molar-refractivity contribution is 0.0768. The molecule has 1 amide bonds. The highest BCUT2D eigenvalue weighted by Crippen LogP contribution is 2.20. The third-order valence-corrected chi connectivity index (χ3v) is 4.19. The van der Waals surface area contributed by atoms with Crippen molar-refractivity contribution in [1.82, 2.24) is 4.90 Å². The van der Waals surface area contributed by atoms with Crippen molar-refractivity contribution in [2.45, 2.75) is 13.3 Å². The van der Waals surface area contributed by atoms with Crippen molar-refractivity contribution in [3.63, 3.8) is 0 Å². The number of rotatable bonds is 1. The van der Waals surface area contributed by atoms with Crippen LogP contribution in [0, 0.1) is 12.7 Å². The van der Waals surface area contributed by atoms with E-state index in [1.807, 2.05) is 11.8 Å². The predicted octanol–water partition coefficient (Wildman–Crippen LogP) is 2.30. The molecule has 3 nitrogen and oxygen atoms in total. The number of carbonyl (C=O) groups excluding carboxylic acids is 1. The minimum Gasteiger partial charge on any atom is -0.398 e. The molecule has 0 aliphatic carbocycles. The number of nitrogens with zero attached hydrogens (tertiary/aromatic N) is 1. The summed E-state index contributed by atoms with van der Waals surface area (Å²) in [6.45, 7) is 3.07. The number of hydrogen-bond acceptors (Lipinski definition) is 3. The molecule has 2 N–H and O–H groups in total. The fourth-order valence-corrected chi connectivity index (χ4v) is 2.84. The molecule has 1 aromatic carbocycles. The maximum absolute atomic E-state index is 13.6. The Morgan fingerprint density at radius 3 is 2.89 bits per heavy atom. The fraction of sp³-hybridized carbons (Fsp3) is 0.462. The molecule has 0 saturated carbocycles. The molecule has 0 bridgehead atoms. The number of thioether (sulfide) groups is 1. The molecule has 0 unspecified atom stereocenters. The Morgan fingerprint density at radius 1 is 1.39 bits per heavy atom. The Labute approximate surface area is 111 Å². The largest absolute Gasteiger partial charge is 0.398 e. The summed E-state index contributed by atoms with van der Waals surface area (Å²) in [7, 11) is 0. The van der Waals surface area contributed by atoms with Gasteiger partial charge in [0, 0.05) is 35.7 Å². The first-order chi connectivity index (χ1) is 8.59. The topological polar surface area (TPSA) is 46.3 Å². The second kappa shape index (κ2) is 5.61. The summed E-state index contributed by atoms with van der Waals surface area (Å²) >= 11 is 1.85. The number of nitrogens with two attached hydrogens (primary N) is 1. The van der Waals surface area contributed by atoms with Gasteiger partial charge >= 0.3 is 0 Å². The SMILES string of the molecule is Cc1c(N)cc(C(=O)N2CCCSCC2)cc1F. The van der Waals surface area contributed by atoms with Gasteiger partial charge in [-0.1, -0.05) is 0 Å². The summed E-state index contributed by atoms with van der Waals surface area (Å²) < 4.78 is 13.6. The van der Waals surface area contributed by atoms with Gasteiger partial charge in [0.25, 0.3) is 5.91 Å². The Bertz CT molecular complexity index is 433. The van der Waals surface area contributed by atoms with Crippen molar-refractivity contribution in [3.05, 3.63) is 29.1 Å². The summed E-state index contributed by atoms with van der Waals surface area (Å²) in [4.78, 5) is 14.0. The Hall–Kier alpha value is -1.23. The van der Waals surface area contributed by atoms with E-state index in [2.05, 4.69) is 0 Å². The molecule has 1 saturated heterocycles. The fourth-order valence-electron chi connectivity index (χ4n) is 1.96. The van der Waals surface area contributed by atoms with Gasteiger partial charge in [0.05, 0.1) is 0 Å². The first kappa shape index (κ1) is 13.2. The van der Waals surface area contributed by atoms with E-state index in [0.717, 1.165) is 31.0 Å². The van der Waals surface area contributed by atoms with Gasteiger partial charge in [0.15, 0.2) is 0 Å². The zero-order valence-electron chi connectivity index (χ0n) is 10.4. The van der Waals surface area contributed by atoms with Gasteiger partial charge in [-0.15, -0.1) is 0 Å². The van der Waals surface area contributed by atoms with Crippen LogP contribution in [0.2, 0.25) is 0 Å². The van der Waals surface area contributed by atoms with Gasteiger partial charge in [0.1, 0.15) is 5.82 Å². The van der Waals surface area contributed by atoms with Crippen LogP contribution in [0.3, 0.4) is 0 Å². The summed E-state index contributed by atoms with van der Waals surface area (Å²) in [5, 5.41) is 0. The molecule has 0 atom stereocenters. The number of anilines is 1. The van der Waals surface area contributed by atoms with E-state index >= 15 is 0 Å². The molecule has 2 rings (SSSR count). The third kappa shape index (κ3) is 2.77. The Kier molecular flexibility index (Phi) is 4.11. The van der Waals surface area contributed by atoms with Crippen LogP contribution in [0.5, 0.6) is 0 Å². The van der Waals surface area contributed by atoms with Crippen molar-refractivity contribution in [2.75, 3.05) is 30.3 Å². The van der Waals surface area contributed by atoms with Gasteiger partial charge in [0.2, 0.25) is 0 Å². The standard InChI is InChI=1S/C13H17FN2OS/c1-9-11(14)7-10(8-12(9)15)13(17)16-3-2-5-18-6-4-16/h7-8H,2-6,15H2,1H3. The molecule has 5 heteroatoms. The maximum atomic E-state index is 13.6. The van der Waals surface area contributed by atoms with E-state index < -0.39 is 5.82 Å². The average Bonchev–Trinajstić information content (AvgIpc) is 2.63. The van der Waals surface area contributed by atoms with Gasteiger partial charge in [-0.05, 0) is 31.2 Å². The first-order valence-electron chi connectivity index (χ1n) is 6.02. The van der Waals surface area contributed by atoms with Crippen LogP contribution in [-0.2, 0) is 0 Å². The van der Waals surface area contributed by atoms with E-state index in [-0.39, 0.29) is 5.91 Å². The highest BCUT2D eigenvalue weighted by Gasteiger charge is 2.19. The van der Waals surface area contributed by atoms with Crippen LogP contribution >= 0.6 is 11.8 Å². The molecule has 1 fully saturated rings. The van der Waals surface area contributed by atoms with Crippen LogP contribution in [-0.4, -0.2) is 35.4 Å². The van der Waals surface area contributed by atoms with Crippen molar-refractivity contribution in [2.24, 2.45) is 0 Å². The van der Waals surface area contributed by atoms with Crippen LogP contribution in [0.15, 0.2) is 12.1 Å². The first-order valence-corrected chi connectivity index (χ1v) is 7.17. The van der Waals surface area contributed by atoms with Gasteiger partial charge in [-0.3, -0.25) is 4.79 Å². The van der Waals surface area contributed by atoms with Gasteiger partial charge in [-0.2, -0.15) is 11.8 Å². The van der Waals surface area contributed by atoms with E-state index in [4.69, 9.17) is 5.73 Å². The predicted molar refractivity (Wildman–Crippen MR) is 73.4 cm³/mol. The van der Waals surface area contributed by atoms with Crippen molar-refractivity contribution in [1.29, 1.82) is 0 Å². The lowest BCUT2D eigenvalue weighted by Gasteiger charge is -2.20. The lowest BCUT2D eigenvalue weighted by Crippen LogP contribution is -2.33. The smallest absolute Gasteiger partial charge is 0.254 e. The van der Waals surface area contributed by atoms with E-state index in [1.54, 1.807) is 17.9 Å². The molecule has 1 aromatic rings. The number of nitrogen functional groups attached to an aromatic ring is 1. The molecule has 0 radical (unpaired) electrons. The normalized spacial score (nSPS) is 16.4. The molecule has 1 heterocycles. The maximum Gasteiger partial charge on any atom is 0.254 e. The lowest BCUT2D eigenvalue weighted by atomic mass is 10.1. The quantitative estimate of drug-likeness (QED) is 0.795. The van der Waals surface area contributed by atoms with E-state index in [1.165, 1.54) is 6.07 Å². The molecule has 1 aliphatic rings. The minimum atomic E-state index is -0.414. The monoisotopic (exact) mass is 268 g/mol. The van der Waals surface area contributed by atoms with Crippen LogP contribution in [0.25, 0.3) is 0 Å². The molecular weight excluding hydrogens is 251 g/mol. The van der Waals surface area contributed by atoms with Crippen molar-refractivity contribution in [3.8, 4) is 0 Å². The molecular formula is C13H17FN2OS. The van der Waals surface area contributed by atoms with Crippen LogP contribution < -0.4 is 5.73 Å². The molecule has 0 spiro atoms. The van der Waals surface area contributed by atoms with E-state index in [9.17, 15) is 9.18 Å². The van der Waals surface area contributed by atoms with Crippen molar-refractivity contribution < 1.29 is 9.18 Å². The zero-order valence-corrected chi connectivity index (χ0v) is 11.2. The van der Waals surface area contributed by atoms with E-state index in [0.29, 0.717) is 16.8 Å². The summed E-state index contributed by atoms with van der Waals surface area (Å²) in [6.07, 6.45) is 0.986. The summed E-state index contributed by atoms with van der Waals surface area (Å²) in [5.41, 5.74) is 6.79. The molecule has 1 aliphatic heterocycles. The zero-order chi connectivity index (χ0) is 13.1. The highest BCUT2D eigenvalue weighted by atomic mass is 32.2. The third-order valence-electron chi connectivity index (χ3n) is 3.14. The summed E-state index contributed by atoms with van der Waals surface area (Å²) in [6, 6.07) is 2.85. The van der Waals surface area contributed by atoms with Gasteiger partial charge in [-0.25, -0.2) is 4.39 Å². The van der Waals surface area contributed by atoms with Crippen molar-refractivity contribution >= 4 is 23.4 Å². The number of halogens is 1. The van der Waals surface area contributed by atoms with Gasteiger partial charge < -0.3 is 10.6 Å². The number of amides is 1. The molecule has 0 aromatic heterocycles. The molecule has 18 heavy (non-hydrogen) atoms. The second-order valence-electron chi connectivity index (χ2n) is 4.43.